The van der Waals surface area contributed by atoms with Gasteiger partial charge < -0.3 is 14.4 Å². The third-order valence-corrected chi connectivity index (χ3v) is 2.46. The van der Waals surface area contributed by atoms with E-state index in [4.69, 9.17) is 9.52 Å². The van der Waals surface area contributed by atoms with Crippen LogP contribution in [0.3, 0.4) is 0 Å². The molecule has 1 N–H and O–H groups in total. The van der Waals surface area contributed by atoms with Gasteiger partial charge in [0.25, 0.3) is 0 Å². The van der Waals surface area contributed by atoms with Crippen LogP contribution in [0, 0.1) is 6.92 Å². The number of hydrogen-bond donors (Lipinski definition) is 1. The van der Waals surface area contributed by atoms with Crippen LogP contribution in [0.15, 0.2) is 10.8 Å². The molecule has 1 heterocycles. The van der Waals surface area contributed by atoms with Gasteiger partial charge in [-0.25, -0.2) is 4.98 Å². The standard InChI is InChI=1S/C11H20N2O2/c1-10-11(12-9-15-10)8-13(2)6-4-3-5-7-14/h9,14H,3-8H2,1-2H3. The van der Waals surface area contributed by atoms with Crippen molar-refractivity contribution in [3.8, 4) is 0 Å². The predicted molar refractivity (Wildman–Crippen MR) is 58.5 cm³/mol. The molecule has 86 valence electrons. The third kappa shape index (κ3) is 4.44. The molecule has 0 aliphatic carbocycles. The summed E-state index contributed by atoms with van der Waals surface area (Å²) in [7, 11) is 2.08. The Morgan fingerprint density at radius 1 is 1.40 bits per heavy atom. The lowest BCUT2D eigenvalue weighted by atomic mass is 10.2. The van der Waals surface area contributed by atoms with Gasteiger partial charge in [0.1, 0.15) is 5.76 Å². The van der Waals surface area contributed by atoms with Gasteiger partial charge in [-0.3, -0.25) is 0 Å². The molecular weight excluding hydrogens is 192 g/mol. The highest BCUT2D eigenvalue weighted by Gasteiger charge is 2.06. The van der Waals surface area contributed by atoms with Crippen molar-refractivity contribution in [1.29, 1.82) is 0 Å². The molecule has 0 spiro atoms. The van der Waals surface area contributed by atoms with E-state index in [2.05, 4.69) is 16.9 Å². The molecule has 0 saturated heterocycles. The summed E-state index contributed by atoms with van der Waals surface area (Å²) in [6.45, 7) is 4.10. The fourth-order valence-corrected chi connectivity index (χ4v) is 1.49. The van der Waals surface area contributed by atoms with E-state index < -0.39 is 0 Å². The van der Waals surface area contributed by atoms with Gasteiger partial charge in [-0.1, -0.05) is 0 Å². The molecule has 15 heavy (non-hydrogen) atoms. The lowest BCUT2D eigenvalue weighted by Crippen LogP contribution is -2.19. The monoisotopic (exact) mass is 212 g/mol. The number of unbranched alkanes of at least 4 members (excludes halogenated alkanes) is 2. The average molecular weight is 212 g/mol. The molecule has 4 heteroatoms. The number of aliphatic hydroxyl groups excluding tert-OH is 1. The van der Waals surface area contributed by atoms with Gasteiger partial charge in [0.15, 0.2) is 6.39 Å². The lowest BCUT2D eigenvalue weighted by Gasteiger charge is -2.14. The molecule has 0 aliphatic heterocycles. The second-order valence-corrected chi connectivity index (χ2v) is 3.88. The Morgan fingerprint density at radius 3 is 2.80 bits per heavy atom. The number of oxazole rings is 1. The first-order valence-electron chi connectivity index (χ1n) is 5.42. The van der Waals surface area contributed by atoms with Gasteiger partial charge in [0.05, 0.1) is 5.69 Å². The second kappa shape index (κ2) is 6.58. The summed E-state index contributed by atoms with van der Waals surface area (Å²) < 4.78 is 5.14. The maximum atomic E-state index is 8.64. The van der Waals surface area contributed by atoms with Crippen molar-refractivity contribution in [2.45, 2.75) is 32.7 Å². The van der Waals surface area contributed by atoms with Gasteiger partial charge in [-0.2, -0.15) is 0 Å². The van der Waals surface area contributed by atoms with Gasteiger partial charge >= 0.3 is 0 Å². The minimum Gasteiger partial charge on any atom is -0.448 e. The van der Waals surface area contributed by atoms with Crippen molar-refractivity contribution >= 4 is 0 Å². The molecule has 1 aromatic heterocycles. The number of nitrogens with zero attached hydrogens (tertiary/aromatic N) is 2. The summed E-state index contributed by atoms with van der Waals surface area (Å²) in [6.07, 6.45) is 4.59. The fraction of sp³-hybridized carbons (Fsp3) is 0.727. The average Bonchev–Trinajstić information content (AvgIpc) is 2.59. The van der Waals surface area contributed by atoms with Crippen LogP contribution in [0.4, 0.5) is 0 Å². The third-order valence-electron chi connectivity index (χ3n) is 2.46. The summed E-state index contributed by atoms with van der Waals surface area (Å²) in [6, 6.07) is 0. The van der Waals surface area contributed by atoms with Crippen LogP contribution in [0.25, 0.3) is 0 Å². The largest absolute Gasteiger partial charge is 0.448 e. The maximum absolute atomic E-state index is 8.64. The molecule has 4 nitrogen and oxygen atoms in total. The smallest absolute Gasteiger partial charge is 0.181 e. The molecule has 0 amide bonds. The van der Waals surface area contributed by atoms with Gasteiger partial charge in [-0.05, 0) is 39.8 Å². The molecule has 1 rings (SSSR count). The topological polar surface area (TPSA) is 49.5 Å². The Hall–Kier alpha value is -0.870. The number of aryl methyl sites for hydroxylation is 1. The normalized spacial score (nSPS) is 11.2. The predicted octanol–water partition coefficient (Wildman–Crippen LogP) is 1.58. The van der Waals surface area contributed by atoms with Crippen LogP contribution in [0.1, 0.15) is 30.7 Å². The molecular formula is C11H20N2O2. The van der Waals surface area contributed by atoms with Crippen molar-refractivity contribution in [2.24, 2.45) is 0 Å². The molecule has 0 fully saturated rings. The molecule has 0 atom stereocenters. The Kier molecular flexibility index (Phi) is 5.36. The van der Waals surface area contributed by atoms with E-state index in [0.29, 0.717) is 6.61 Å². The lowest BCUT2D eigenvalue weighted by molar-refractivity contribution is 0.270. The molecule has 0 saturated carbocycles. The van der Waals surface area contributed by atoms with Crippen molar-refractivity contribution in [3.63, 3.8) is 0 Å². The van der Waals surface area contributed by atoms with Gasteiger partial charge in [0, 0.05) is 13.2 Å². The van der Waals surface area contributed by atoms with Crippen LogP contribution in [-0.2, 0) is 6.54 Å². The molecule has 0 bridgehead atoms. The first kappa shape index (κ1) is 12.2. The molecule has 0 unspecified atom stereocenters. The summed E-state index contributed by atoms with van der Waals surface area (Å²) in [5.41, 5.74) is 1.01. The fourth-order valence-electron chi connectivity index (χ4n) is 1.49. The first-order chi connectivity index (χ1) is 7.24. The van der Waals surface area contributed by atoms with E-state index >= 15 is 0 Å². The maximum Gasteiger partial charge on any atom is 0.181 e. The molecule has 1 aromatic rings. The van der Waals surface area contributed by atoms with Crippen molar-refractivity contribution < 1.29 is 9.52 Å². The van der Waals surface area contributed by atoms with Crippen LogP contribution in [-0.4, -0.2) is 35.2 Å². The Morgan fingerprint density at radius 2 is 2.20 bits per heavy atom. The van der Waals surface area contributed by atoms with E-state index in [0.717, 1.165) is 43.8 Å². The molecule has 0 aromatic carbocycles. The van der Waals surface area contributed by atoms with Crippen molar-refractivity contribution in [3.05, 3.63) is 17.8 Å². The summed E-state index contributed by atoms with van der Waals surface area (Å²) in [5.74, 6) is 0.900. The number of rotatable bonds is 7. The Balaban J connectivity index is 2.18. The van der Waals surface area contributed by atoms with E-state index in [9.17, 15) is 0 Å². The highest BCUT2D eigenvalue weighted by Crippen LogP contribution is 2.07. The highest BCUT2D eigenvalue weighted by atomic mass is 16.3. The van der Waals surface area contributed by atoms with Crippen molar-refractivity contribution in [1.82, 2.24) is 9.88 Å². The zero-order valence-corrected chi connectivity index (χ0v) is 9.57. The zero-order valence-electron chi connectivity index (χ0n) is 9.57. The van der Waals surface area contributed by atoms with Crippen LogP contribution in [0.2, 0.25) is 0 Å². The first-order valence-corrected chi connectivity index (χ1v) is 5.42. The van der Waals surface area contributed by atoms with Gasteiger partial charge in [-0.15, -0.1) is 0 Å². The van der Waals surface area contributed by atoms with Crippen LogP contribution >= 0.6 is 0 Å². The van der Waals surface area contributed by atoms with Gasteiger partial charge in [0.2, 0.25) is 0 Å². The number of hydrogen-bond acceptors (Lipinski definition) is 4. The van der Waals surface area contributed by atoms with E-state index in [-0.39, 0.29) is 0 Å². The SMILES string of the molecule is Cc1ocnc1CN(C)CCCCCO. The second-order valence-electron chi connectivity index (χ2n) is 3.88. The highest BCUT2D eigenvalue weighted by molar-refractivity contribution is 5.03. The minimum absolute atomic E-state index is 0.298. The van der Waals surface area contributed by atoms with E-state index in [1.165, 1.54) is 6.39 Å². The van der Waals surface area contributed by atoms with E-state index in [1.54, 1.807) is 0 Å². The van der Waals surface area contributed by atoms with Crippen molar-refractivity contribution in [2.75, 3.05) is 20.2 Å². The zero-order chi connectivity index (χ0) is 11.1. The van der Waals surface area contributed by atoms with E-state index in [1.807, 2.05) is 6.92 Å². The summed E-state index contributed by atoms with van der Waals surface area (Å²) >= 11 is 0. The number of aromatic nitrogens is 1. The summed E-state index contributed by atoms with van der Waals surface area (Å²) in [5, 5.41) is 8.64. The van der Waals surface area contributed by atoms with Crippen LogP contribution in [0.5, 0.6) is 0 Å². The quantitative estimate of drug-likeness (QED) is 0.697. The number of aliphatic hydroxyl groups is 1. The summed E-state index contributed by atoms with van der Waals surface area (Å²) in [4.78, 5) is 6.38. The Labute approximate surface area is 90.9 Å². The minimum atomic E-state index is 0.298. The molecule has 0 aliphatic rings. The molecule has 0 radical (unpaired) electrons. The Bertz CT molecular complexity index is 273. The van der Waals surface area contributed by atoms with Crippen LogP contribution < -0.4 is 0 Å².